The summed E-state index contributed by atoms with van der Waals surface area (Å²) in [4.78, 5) is 24.9. The van der Waals surface area contributed by atoms with Gasteiger partial charge in [0.2, 0.25) is 5.91 Å². The fraction of sp³-hybridized carbons (Fsp3) is 0.0556. The van der Waals surface area contributed by atoms with Crippen molar-refractivity contribution in [2.24, 2.45) is 0 Å². The fourth-order valence-corrected chi connectivity index (χ4v) is 3.58. The van der Waals surface area contributed by atoms with Crippen molar-refractivity contribution in [2.75, 3.05) is 5.32 Å². The van der Waals surface area contributed by atoms with Gasteiger partial charge in [0, 0.05) is 10.9 Å². The predicted octanol–water partition coefficient (Wildman–Crippen LogP) is 3.62. The van der Waals surface area contributed by atoms with Gasteiger partial charge in [-0.3, -0.25) is 4.79 Å². The highest BCUT2D eigenvalue weighted by atomic mass is 35.5. The molecule has 3 heterocycles. The Morgan fingerprint density at radius 3 is 2.85 bits per heavy atom. The predicted molar refractivity (Wildman–Crippen MR) is 104 cm³/mol. The lowest BCUT2D eigenvalue weighted by Gasteiger charge is -2.05. The molecule has 0 radical (unpaired) electrons. The van der Waals surface area contributed by atoms with Crippen molar-refractivity contribution in [3.8, 4) is 16.4 Å². The zero-order valence-electron chi connectivity index (χ0n) is 13.9. The Balaban J connectivity index is 1.41. The Kier molecular flexibility index (Phi) is 4.91. The van der Waals surface area contributed by atoms with Gasteiger partial charge in [0.05, 0.1) is 29.0 Å². The summed E-state index contributed by atoms with van der Waals surface area (Å²) in [6.07, 6.45) is 4.73. The van der Waals surface area contributed by atoms with Crippen molar-refractivity contribution in [3.05, 3.63) is 71.3 Å². The molecule has 4 aromatic rings. The van der Waals surface area contributed by atoms with Crippen molar-refractivity contribution < 1.29 is 4.79 Å². The number of halogens is 1. The second-order valence-corrected chi connectivity index (χ2v) is 6.86. The van der Waals surface area contributed by atoms with E-state index in [-0.39, 0.29) is 12.3 Å². The first kappa shape index (κ1) is 17.3. The third kappa shape index (κ3) is 4.02. The number of hydrogen-bond acceptors (Lipinski definition) is 6. The number of pyridine rings is 1. The van der Waals surface area contributed by atoms with Crippen LogP contribution in [0.5, 0.6) is 0 Å². The maximum Gasteiger partial charge on any atom is 0.230 e. The molecule has 0 saturated heterocycles. The average molecular weight is 397 g/mol. The minimum atomic E-state index is -0.165. The summed E-state index contributed by atoms with van der Waals surface area (Å²) in [5, 5.41) is 10.1. The second-order valence-electron chi connectivity index (χ2n) is 5.59. The average Bonchev–Trinajstić information content (AvgIpc) is 3.35. The van der Waals surface area contributed by atoms with Gasteiger partial charge in [0.25, 0.3) is 0 Å². The summed E-state index contributed by atoms with van der Waals surface area (Å²) in [7, 11) is 0. The van der Waals surface area contributed by atoms with Crippen LogP contribution in [0.4, 0.5) is 5.69 Å². The highest BCUT2D eigenvalue weighted by molar-refractivity contribution is 7.13. The molecule has 0 aliphatic rings. The van der Waals surface area contributed by atoms with E-state index in [2.05, 4.69) is 25.4 Å². The Morgan fingerprint density at radius 2 is 2.11 bits per heavy atom. The topological polar surface area (TPSA) is 85.6 Å². The van der Waals surface area contributed by atoms with Crippen LogP contribution in [0, 0.1) is 0 Å². The lowest BCUT2D eigenvalue weighted by molar-refractivity contribution is -0.115. The van der Waals surface area contributed by atoms with Gasteiger partial charge in [-0.05, 0) is 18.2 Å². The third-order valence-electron chi connectivity index (χ3n) is 3.68. The zero-order valence-corrected chi connectivity index (χ0v) is 15.5. The maximum atomic E-state index is 12.3. The SMILES string of the molecule is O=C(Cc1csc(-c2ccccc2Cl)n1)Nc1ccc(-n2cncn2)nc1. The van der Waals surface area contributed by atoms with Crippen LogP contribution < -0.4 is 5.32 Å². The lowest BCUT2D eigenvalue weighted by Crippen LogP contribution is -2.15. The normalized spacial score (nSPS) is 10.7. The molecule has 3 aromatic heterocycles. The van der Waals surface area contributed by atoms with Gasteiger partial charge in [-0.1, -0.05) is 29.8 Å². The quantitative estimate of drug-likeness (QED) is 0.556. The second kappa shape index (κ2) is 7.65. The van der Waals surface area contributed by atoms with E-state index in [1.165, 1.54) is 22.3 Å². The molecule has 9 heteroatoms. The monoisotopic (exact) mass is 396 g/mol. The van der Waals surface area contributed by atoms with Crippen LogP contribution in [-0.2, 0) is 11.2 Å². The first-order valence-electron chi connectivity index (χ1n) is 7.99. The van der Waals surface area contributed by atoms with Crippen LogP contribution in [0.2, 0.25) is 5.02 Å². The van der Waals surface area contributed by atoms with Crippen LogP contribution in [0.15, 0.2) is 60.6 Å². The van der Waals surface area contributed by atoms with Crippen LogP contribution in [0.1, 0.15) is 5.69 Å². The molecule has 134 valence electrons. The van der Waals surface area contributed by atoms with Crippen LogP contribution in [-0.4, -0.2) is 30.6 Å². The van der Waals surface area contributed by atoms with Crippen LogP contribution >= 0.6 is 22.9 Å². The van der Waals surface area contributed by atoms with Crippen molar-refractivity contribution >= 4 is 34.5 Å². The molecular formula is C18H13ClN6OS. The molecule has 1 aromatic carbocycles. The Morgan fingerprint density at radius 1 is 1.22 bits per heavy atom. The zero-order chi connectivity index (χ0) is 18.6. The van der Waals surface area contributed by atoms with Crippen molar-refractivity contribution in [3.63, 3.8) is 0 Å². The van der Waals surface area contributed by atoms with Gasteiger partial charge in [0.1, 0.15) is 17.7 Å². The van der Waals surface area contributed by atoms with Gasteiger partial charge < -0.3 is 5.32 Å². The van der Waals surface area contributed by atoms with E-state index in [0.29, 0.717) is 22.2 Å². The third-order valence-corrected chi connectivity index (χ3v) is 4.94. The summed E-state index contributed by atoms with van der Waals surface area (Å²) in [5.41, 5.74) is 2.16. The minimum Gasteiger partial charge on any atom is -0.324 e. The molecule has 7 nitrogen and oxygen atoms in total. The number of thiazole rings is 1. The summed E-state index contributed by atoms with van der Waals surface area (Å²) in [5.74, 6) is 0.454. The first-order valence-corrected chi connectivity index (χ1v) is 9.25. The number of anilines is 1. The number of benzene rings is 1. The number of amides is 1. The summed E-state index contributed by atoms with van der Waals surface area (Å²) < 4.78 is 1.54. The number of rotatable bonds is 5. The molecule has 0 spiro atoms. The standard InChI is InChI=1S/C18H13ClN6OS/c19-15-4-2-1-3-14(15)18-24-13(9-27-18)7-17(26)23-12-5-6-16(21-8-12)25-11-20-10-22-25/h1-6,8-11H,7H2,(H,23,26). The molecule has 27 heavy (non-hydrogen) atoms. The smallest absolute Gasteiger partial charge is 0.230 e. The molecule has 0 aliphatic heterocycles. The molecule has 0 bridgehead atoms. The van der Waals surface area contributed by atoms with Gasteiger partial charge >= 0.3 is 0 Å². The molecule has 0 atom stereocenters. The van der Waals surface area contributed by atoms with Crippen molar-refractivity contribution in [1.29, 1.82) is 0 Å². The fourth-order valence-electron chi connectivity index (χ4n) is 2.44. The van der Waals surface area contributed by atoms with Crippen molar-refractivity contribution in [2.45, 2.75) is 6.42 Å². The van der Waals surface area contributed by atoms with E-state index >= 15 is 0 Å². The highest BCUT2D eigenvalue weighted by Gasteiger charge is 2.11. The summed E-state index contributed by atoms with van der Waals surface area (Å²) in [6, 6.07) is 11.0. The van der Waals surface area contributed by atoms with Crippen LogP contribution in [0.25, 0.3) is 16.4 Å². The van der Waals surface area contributed by atoms with E-state index in [0.717, 1.165) is 10.6 Å². The first-order chi connectivity index (χ1) is 13.2. The molecule has 0 aliphatic carbocycles. The minimum absolute atomic E-state index is 0.165. The Hall–Kier alpha value is -3.10. The van der Waals surface area contributed by atoms with Gasteiger partial charge in [0.15, 0.2) is 5.82 Å². The summed E-state index contributed by atoms with van der Waals surface area (Å²) in [6.45, 7) is 0. The van der Waals surface area contributed by atoms with Gasteiger partial charge in [-0.15, -0.1) is 11.3 Å². The number of aromatic nitrogens is 5. The number of nitrogens with zero attached hydrogens (tertiary/aromatic N) is 5. The van der Waals surface area contributed by atoms with E-state index < -0.39 is 0 Å². The summed E-state index contributed by atoms with van der Waals surface area (Å²) >= 11 is 7.66. The van der Waals surface area contributed by atoms with Gasteiger partial charge in [-0.25, -0.2) is 19.6 Å². The van der Waals surface area contributed by atoms with Crippen LogP contribution in [0.3, 0.4) is 0 Å². The molecule has 0 saturated carbocycles. The number of carbonyl (C=O) groups excluding carboxylic acids is 1. The number of hydrogen-bond donors (Lipinski definition) is 1. The Bertz CT molecular complexity index is 1060. The largest absolute Gasteiger partial charge is 0.324 e. The van der Waals surface area contributed by atoms with E-state index in [4.69, 9.17) is 11.6 Å². The van der Waals surface area contributed by atoms with Crippen molar-refractivity contribution in [1.82, 2.24) is 24.7 Å². The van der Waals surface area contributed by atoms with Gasteiger partial charge in [-0.2, -0.15) is 5.10 Å². The molecule has 1 amide bonds. The Labute approximate surface area is 163 Å². The highest BCUT2D eigenvalue weighted by Crippen LogP contribution is 2.30. The number of carbonyl (C=O) groups is 1. The maximum absolute atomic E-state index is 12.3. The van der Waals surface area contributed by atoms with E-state index in [1.807, 2.05) is 29.6 Å². The molecule has 0 unspecified atom stereocenters. The molecule has 1 N–H and O–H groups in total. The molecular weight excluding hydrogens is 384 g/mol. The molecule has 0 fully saturated rings. The van der Waals surface area contributed by atoms with E-state index in [1.54, 1.807) is 24.7 Å². The lowest BCUT2D eigenvalue weighted by atomic mass is 10.2. The molecule has 4 rings (SSSR count). The van der Waals surface area contributed by atoms with E-state index in [9.17, 15) is 4.79 Å². The number of nitrogens with one attached hydrogen (secondary N) is 1.